The van der Waals surface area contributed by atoms with Crippen molar-refractivity contribution in [1.29, 1.82) is 5.26 Å². The Bertz CT molecular complexity index is 431. The van der Waals surface area contributed by atoms with E-state index in [-0.39, 0.29) is 5.82 Å². The third kappa shape index (κ3) is 3.46. The van der Waals surface area contributed by atoms with Crippen LogP contribution >= 0.6 is 0 Å². The molecule has 2 rings (SSSR count). The maximum Gasteiger partial charge on any atom is 0.124 e. The van der Waals surface area contributed by atoms with Crippen molar-refractivity contribution >= 4 is 5.69 Å². The molecular weight excluding hydrogens is 227 g/mol. The van der Waals surface area contributed by atoms with E-state index in [4.69, 9.17) is 5.26 Å². The molecule has 0 unspecified atom stereocenters. The molecule has 1 saturated carbocycles. The van der Waals surface area contributed by atoms with Crippen LogP contribution in [0.4, 0.5) is 10.1 Å². The van der Waals surface area contributed by atoms with Gasteiger partial charge in [-0.3, -0.25) is 0 Å². The normalized spacial score (nSPS) is 15.6. The summed E-state index contributed by atoms with van der Waals surface area (Å²) in [6, 6.07) is 6.32. The van der Waals surface area contributed by atoms with Gasteiger partial charge in [-0.15, -0.1) is 0 Å². The second-order valence-electron chi connectivity index (χ2n) is 5.02. The largest absolute Gasteiger partial charge is 0.384 e. The molecule has 0 radical (unpaired) electrons. The molecular formula is C15H19FN2. The van der Waals surface area contributed by atoms with Gasteiger partial charge in [-0.25, -0.2) is 4.39 Å². The lowest BCUT2D eigenvalue weighted by molar-refractivity contribution is 0.491. The summed E-state index contributed by atoms with van der Waals surface area (Å²) < 4.78 is 12.9. The molecule has 1 aromatic rings. The number of nitrogens with zero attached hydrogens (tertiary/aromatic N) is 1. The predicted octanol–water partition coefficient (Wildman–Crippen LogP) is 4.08. The zero-order valence-corrected chi connectivity index (χ0v) is 10.6. The summed E-state index contributed by atoms with van der Waals surface area (Å²) in [7, 11) is 0. The molecule has 1 aromatic carbocycles. The summed E-state index contributed by atoms with van der Waals surface area (Å²) >= 11 is 0. The smallest absolute Gasteiger partial charge is 0.124 e. The van der Waals surface area contributed by atoms with E-state index < -0.39 is 0 Å². The van der Waals surface area contributed by atoms with Crippen LogP contribution in [0, 0.1) is 23.1 Å². The Balaban J connectivity index is 1.77. The molecule has 1 fully saturated rings. The Kier molecular flexibility index (Phi) is 4.58. The van der Waals surface area contributed by atoms with Gasteiger partial charge in [-0.2, -0.15) is 5.26 Å². The quantitative estimate of drug-likeness (QED) is 0.795. The monoisotopic (exact) mass is 246 g/mol. The highest BCUT2D eigenvalue weighted by Gasteiger charge is 2.14. The molecule has 1 aliphatic carbocycles. The zero-order valence-electron chi connectivity index (χ0n) is 10.6. The number of hydrogen-bond acceptors (Lipinski definition) is 2. The third-order valence-corrected chi connectivity index (χ3v) is 3.68. The summed E-state index contributed by atoms with van der Waals surface area (Å²) in [5, 5.41) is 12.1. The Morgan fingerprint density at radius 1 is 1.33 bits per heavy atom. The van der Waals surface area contributed by atoms with Gasteiger partial charge in [-0.05, 0) is 37.0 Å². The number of nitrogens with one attached hydrogen (secondary N) is 1. The van der Waals surface area contributed by atoms with E-state index in [1.165, 1.54) is 44.2 Å². The van der Waals surface area contributed by atoms with Crippen molar-refractivity contribution in [3.8, 4) is 6.07 Å². The number of hydrogen-bond donors (Lipinski definition) is 1. The lowest BCUT2D eigenvalue weighted by Crippen LogP contribution is -2.05. The minimum Gasteiger partial charge on any atom is -0.384 e. The van der Waals surface area contributed by atoms with E-state index in [1.807, 2.05) is 6.07 Å². The van der Waals surface area contributed by atoms with Gasteiger partial charge in [0.2, 0.25) is 0 Å². The number of rotatable bonds is 5. The second-order valence-corrected chi connectivity index (χ2v) is 5.02. The van der Waals surface area contributed by atoms with E-state index in [1.54, 1.807) is 6.07 Å². The fourth-order valence-electron chi connectivity index (χ4n) is 2.68. The molecule has 96 valence electrons. The molecule has 0 saturated heterocycles. The Hall–Kier alpha value is -1.56. The lowest BCUT2D eigenvalue weighted by atomic mass is 10.0. The summed E-state index contributed by atoms with van der Waals surface area (Å²) in [6.45, 7) is 0.858. The standard InChI is InChI=1S/C15H19FN2/c16-14-7-8-15(13(10-14)11-17)18-9-3-6-12-4-1-2-5-12/h7-8,10,12,18H,1-6,9H2. The molecule has 0 amide bonds. The van der Waals surface area contributed by atoms with Crippen LogP contribution in [-0.4, -0.2) is 6.54 Å². The Morgan fingerprint density at radius 3 is 2.83 bits per heavy atom. The van der Waals surface area contributed by atoms with Crippen molar-refractivity contribution in [3.63, 3.8) is 0 Å². The number of benzene rings is 1. The zero-order chi connectivity index (χ0) is 12.8. The molecule has 18 heavy (non-hydrogen) atoms. The van der Waals surface area contributed by atoms with Crippen LogP contribution in [0.25, 0.3) is 0 Å². The van der Waals surface area contributed by atoms with Crippen LogP contribution in [0.15, 0.2) is 18.2 Å². The first-order chi connectivity index (χ1) is 8.79. The van der Waals surface area contributed by atoms with Gasteiger partial charge in [0.25, 0.3) is 0 Å². The molecule has 3 heteroatoms. The third-order valence-electron chi connectivity index (χ3n) is 3.68. The fraction of sp³-hybridized carbons (Fsp3) is 0.533. The summed E-state index contributed by atoms with van der Waals surface area (Å²) in [6.07, 6.45) is 7.90. The van der Waals surface area contributed by atoms with Gasteiger partial charge in [-0.1, -0.05) is 25.7 Å². The van der Waals surface area contributed by atoms with Crippen molar-refractivity contribution in [1.82, 2.24) is 0 Å². The molecule has 0 heterocycles. The Labute approximate surface area is 108 Å². The SMILES string of the molecule is N#Cc1cc(F)ccc1NCCCC1CCCC1. The van der Waals surface area contributed by atoms with Crippen LogP contribution < -0.4 is 5.32 Å². The first-order valence-corrected chi connectivity index (χ1v) is 6.73. The minimum atomic E-state index is -0.358. The highest BCUT2D eigenvalue weighted by atomic mass is 19.1. The highest BCUT2D eigenvalue weighted by molar-refractivity contribution is 5.57. The van der Waals surface area contributed by atoms with Crippen LogP contribution in [0.3, 0.4) is 0 Å². The average molecular weight is 246 g/mol. The predicted molar refractivity (Wildman–Crippen MR) is 70.8 cm³/mol. The topological polar surface area (TPSA) is 35.8 Å². The van der Waals surface area contributed by atoms with Gasteiger partial charge in [0.1, 0.15) is 11.9 Å². The Morgan fingerprint density at radius 2 is 2.11 bits per heavy atom. The molecule has 0 aromatic heterocycles. The highest BCUT2D eigenvalue weighted by Crippen LogP contribution is 2.28. The summed E-state index contributed by atoms with van der Waals surface area (Å²) in [5.74, 6) is 0.540. The maximum absolute atomic E-state index is 12.9. The summed E-state index contributed by atoms with van der Waals surface area (Å²) in [5.41, 5.74) is 1.13. The molecule has 0 spiro atoms. The molecule has 0 aliphatic heterocycles. The minimum absolute atomic E-state index is 0.358. The molecule has 0 bridgehead atoms. The lowest BCUT2D eigenvalue weighted by Gasteiger charge is -2.11. The molecule has 1 aliphatic rings. The summed E-state index contributed by atoms with van der Waals surface area (Å²) in [4.78, 5) is 0. The van der Waals surface area contributed by atoms with Crippen LogP contribution in [0.1, 0.15) is 44.1 Å². The molecule has 0 atom stereocenters. The van der Waals surface area contributed by atoms with Gasteiger partial charge >= 0.3 is 0 Å². The van der Waals surface area contributed by atoms with Crippen LogP contribution in [-0.2, 0) is 0 Å². The van der Waals surface area contributed by atoms with Crippen molar-refractivity contribution in [2.45, 2.75) is 38.5 Å². The van der Waals surface area contributed by atoms with Crippen molar-refractivity contribution < 1.29 is 4.39 Å². The molecule has 1 N–H and O–H groups in total. The van der Waals surface area contributed by atoms with E-state index in [2.05, 4.69) is 5.32 Å². The van der Waals surface area contributed by atoms with Gasteiger partial charge < -0.3 is 5.32 Å². The van der Waals surface area contributed by atoms with Crippen LogP contribution in [0.5, 0.6) is 0 Å². The van der Waals surface area contributed by atoms with E-state index in [0.717, 1.165) is 24.6 Å². The van der Waals surface area contributed by atoms with Crippen molar-refractivity contribution in [3.05, 3.63) is 29.6 Å². The fourth-order valence-corrected chi connectivity index (χ4v) is 2.68. The second kappa shape index (κ2) is 6.39. The number of anilines is 1. The molecule has 2 nitrogen and oxygen atoms in total. The van der Waals surface area contributed by atoms with E-state index >= 15 is 0 Å². The average Bonchev–Trinajstić information content (AvgIpc) is 2.89. The van der Waals surface area contributed by atoms with Gasteiger partial charge in [0.05, 0.1) is 11.3 Å². The first kappa shape index (κ1) is 12.9. The van der Waals surface area contributed by atoms with Crippen LogP contribution in [0.2, 0.25) is 0 Å². The van der Waals surface area contributed by atoms with Crippen molar-refractivity contribution in [2.24, 2.45) is 5.92 Å². The van der Waals surface area contributed by atoms with Crippen molar-refractivity contribution in [2.75, 3.05) is 11.9 Å². The first-order valence-electron chi connectivity index (χ1n) is 6.73. The van der Waals surface area contributed by atoms with E-state index in [0.29, 0.717) is 5.56 Å². The van der Waals surface area contributed by atoms with Gasteiger partial charge in [0.15, 0.2) is 0 Å². The number of halogens is 1. The number of nitriles is 1. The van der Waals surface area contributed by atoms with Gasteiger partial charge in [0, 0.05) is 6.54 Å². The van der Waals surface area contributed by atoms with E-state index in [9.17, 15) is 4.39 Å². The maximum atomic E-state index is 12.9.